The van der Waals surface area contributed by atoms with E-state index in [1.807, 2.05) is 44.2 Å². The SMILES string of the molecule is CCC(COc1cccc(C)c1)NC(=O)c1cccc(OC)c1. The summed E-state index contributed by atoms with van der Waals surface area (Å²) in [7, 11) is 1.58. The van der Waals surface area contributed by atoms with Gasteiger partial charge in [-0.05, 0) is 49.2 Å². The fourth-order valence-electron chi connectivity index (χ4n) is 2.20. The van der Waals surface area contributed by atoms with Gasteiger partial charge in [-0.3, -0.25) is 4.79 Å². The third-order valence-electron chi connectivity index (χ3n) is 3.60. The molecule has 1 atom stereocenters. The Morgan fingerprint density at radius 2 is 1.87 bits per heavy atom. The lowest BCUT2D eigenvalue weighted by atomic mass is 10.1. The standard InChI is InChI=1S/C19H23NO3/c1-4-16(13-23-18-10-5-7-14(2)11-18)20-19(21)15-8-6-9-17(12-15)22-3/h5-12,16H,4,13H2,1-3H3,(H,20,21). The summed E-state index contributed by atoms with van der Waals surface area (Å²) >= 11 is 0. The van der Waals surface area contributed by atoms with Crippen LogP contribution < -0.4 is 14.8 Å². The summed E-state index contributed by atoms with van der Waals surface area (Å²) in [6, 6.07) is 15.0. The second-order valence-corrected chi connectivity index (χ2v) is 5.44. The van der Waals surface area contributed by atoms with Crippen molar-refractivity contribution in [1.29, 1.82) is 0 Å². The number of carbonyl (C=O) groups is 1. The Labute approximate surface area is 137 Å². The molecule has 1 N–H and O–H groups in total. The van der Waals surface area contributed by atoms with E-state index >= 15 is 0 Å². The van der Waals surface area contributed by atoms with Crippen LogP contribution in [0, 0.1) is 6.92 Å². The predicted octanol–water partition coefficient (Wildman–Crippen LogP) is 3.59. The quantitative estimate of drug-likeness (QED) is 0.850. The van der Waals surface area contributed by atoms with Gasteiger partial charge in [0, 0.05) is 5.56 Å². The van der Waals surface area contributed by atoms with Crippen molar-refractivity contribution in [3.8, 4) is 11.5 Å². The van der Waals surface area contributed by atoms with Crippen molar-refractivity contribution in [1.82, 2.24) is 5.32 Å². The molecule has 1 amide bonds. The zero-order valence-corrected chi connectivity index (χ0v) is 13.8. The Morgan fingerprint density at radius 3 is 2.57 bits per heavy atom. The molecule has 0 radical (unpaired) electrons. The number of hydrogen-bond donors (Lipinski definition) is 1. The number of methoxy groups -OCH3 is 1. The van der Waals surface area contributed by atoms with E-state index in [0.717, 1.165) is 17.7 Å². The number of hydrogen-bond acceptors (Lipinski definition) is 3. The molecule has 0 aliphatic heterocycles. The molecule has 0 aliphatic rings. The van der Waals surface area contributed by atoms with Gasteiger partial charge in [-0.2, -0.15) is 0 Å². The van der Waals surface area contributed by atoms with Crippen molar-refractivity contribution >= 4 is 5.91 Å². The summed E-state index contributed by atoms with van der Waals surface area (Å²) in [5.74, 6) is 1.37. The van der Waals surface area contributed by atoms with Crippen molar-refractivity contribution in [2.24, 2.45) is 0 Å². The molecule has 2 aromatic rings. The van der Waals surface area contributed by atoms with Gasteiger partial charge in [0.05, 0.1) is 13.2 Å². The first-order chi connectivity index (χ1) is 11.1. The fraction of sp³-hybridized carbons (Fsp3) is 0.316. The minimum atomic E-state index is -0.122. The second-order valence-electron chi connectivity index (χ2n) is 5.44. The maximum atomic E-state index is 12.3. The molecule has 2 aromatic carbocycles. The third kappa shape index (κ3) is 5.02. The van der Waals surface area contributed by atoms with Crippen LogP contribution in [0.4, 0.5) is 0 Å². The maximum Gasteiger partial charge on any atom is 0.251 e. The molecule has 2 rings (SSSR count). The molecule has 0 bridgehead atoms. The molecule has 4 nitrogen and oxygen atoms in total. The zero-order chi connectivity index (χ0) is 16.7. The summed E-state index contributed by atoms with van der Waals surface area (Å²) in [5, 5.41) is 3.00. The normalized spacial score (nSPS) is 11.6. The van der Waals surface area contributed by atoms with E-state index in [4.69, 9.17) is 9.47 Å². The molecule has 0 saturated carbocycles. The van der Waals surface area contributed by atoms with Crippen LogP contribution in [0.1, 0.15) is 29.3 Å². The first kappa shape index (κ1) is 16.9. The Morgan fingerprint density at radius 1 is 1.13 bits per heavy atom. The lowest BCUT2D eigenvalue weighted by Gasteiger charge is -2.18. The first-order valence-electron chi connectivity index (χ1n) is 7.76. The van der Waals surface area contributed by atoms with E-state index in [1.54, 1.807) is 25.3 Å². The lowest BCUT2D eigenvalue weighted by Crippen LogP contribution is -2.38. The second kappa shape index (κ2) is 8.22. The van der Waals surface area contributed by atoms with Crippen LogP contribution in [-0.4, -0.2) is 25.7 Å². The highest BCUT2D eigenvalue weighted by atomic mass is 16.5. The Balaban J connectivity index is 1.94. The van der Waals surface area contributed by atoms with Gasteiger partial charge in [-0.15, -0.1) is 0 Å². The van der Waals surface area contributed by atoms with Gasteiger partial charge < -0.3 is 14.8 Å². The summed E-state index contributed by atoms with van der Waals surface area (Å²) < 4.78 is 10.9. The van der Waals surface area contributed by atoms with E-state index in [1.165, 1.54) is 0 Å². The number of benzene rings is 2. The van der Waals surface area contributed by atoms with Crippen molar-refractivity contribution < 1.29 is 14.3 Å². The average molecular weight is 313 g/mol. The molecular weight excluding hydrogens is 290 g/mol. The van der Waals surface area contributed by atoms with Crippen molar-refractivity contribution in [3.63, 3.8) is 0 Å². The summed E-state index contributed by atoms with van der Waals surface area (Å²) in [6.45, 7) is 4.49. The van der Waals surface area contributed by atoms with E-state index in [9.17, 15) is 4.79 Å². The molecule has 0 aliphatic carbocycles. The third-order valence-corrected chi connectivity index (χ3v) is 3.60. The topological polar surface area (TPSA) is 47.6 Å². The van der Waals surface area contributed by atoms with Crippen molar-refractivity contribution in [3.05, 3.63) is 59.7 Å². The van der Waals surface area contributed by atoms with E-state index < -0.39 is 0 Å². The molecule has 23 heavy (non-hydrogen) atoms. The first-order valence-corrected chi connectivity index (χ1v) is 7.76. The Bertz CT molecular complexity index is 655. The molecule has 0 saturated heterocycles. The van der Waals surface area contributed by atoms with Gasteiger partial charge in [-0.25, -0.2) is 0 Å². The number of carbonyl (C=O) groups excluding carboxylic acids is 1. The van der Waals surface area contributed by atoms with Crippen molar-refractivity contribution in [2.75, 3.05) is 13.7 Å². The zero-order valence-electron chi connectivity index (χ0n) is 13.8. The molecule has 0 fully saturated rings. The predicted molar refractivity (Wildman–Crippen MR) is 91.2 cm³/mol. The molecule has 0 spiro atoms. The van der Waals surface area contributed by atoms with E-state index in [2.05, 4.69) is 5.32 Å². The van der Waals surface area contributed by atoms with Crippen LogP contribution in [-0.2, 0) is 0 Å². The van der Waals surface area contributed by atoms with Crippen LogP contribution in [0.3, 0.4) is 0 Å². The van der Waals surface area contributed by atoms with E-state index in [0.29, 0.717) is 17.9 Å². The molecular formula is C19H23NO3. The van der Waals surface area contributed by atoms with Gasteiger partial charge in [0.2, 0.25) is 0 Å². The summed E-state index contributed by atoms with van der Waals surface area (Å²) in [6.07, 6.45) is 0.793. The maximum absolute atomic E-state index is 12.3. The molecule has 0 heterocycles. The number of nitrogens with one attached hydrogen (secondary N) is 1. The van der Waals surface area contributed by atoms with Gasteiger partial charge in [0.25, 0.3) is 5.91 Å². The van der Waals surface area contributed by atoms with Gasteiger partial charge in [0.15, 0.2) is 0 Å². The van der Waals surface area contributed by atoms with Gasteiger partial charge in [0.1, 0.15) is 18.1 Å². The average Bonchev–Trinajstić information content (AvgIpc) is 2.58. The van der Waals surface area contributed by atoms with Gasteiger partial charge >= 0.3 is 0 Å². The smallest absolute Gasteiger partial charge is 0.251 e. The van der Waals surface area contributed by atoms with Crippen LogP contribution in [0.15, 0.2) is 48.5 Å². The minimum absolute atomic E-state index is 0.0470. The molecule has 1 unspecified atom stereocenters. The monoisotopic (exact) mass is 313 g/mol. The Kier molecular flexibility index (Phi) is 6.03. The Hall–Kier alpha value is -2.49. The summed E-state index contributed by atoms with van der Waals surface area (Å²) in [4.78, 5) is 12.3. The van der Waals surface area contributed by atoms with Gasteiger partial charge in [-0.1, -0.05) is 25.1 Å². The number of rotatable bonds is 7. The lowest BCUT2D eigenvalue weighted by molar-refractivity contribution is 0.0919. The largest absolute Gasteiger partial charge is 0.497 e. The minimum Gasteiger partial charge on any atom is -0.497 e. The highest BCUT2D eigenvalue weighted by Crippen LogP contribution is 2.14. The van der Waals surface area contributed by atoms with Crippen LogP contribution in [0.25, 0.3) is 0 Å². The highest BCUT2D eigenvalue weighted by Gasteiger charge is 2.13. The number of amides is 1. The molecule has 0 aromatic heterocycles. The van der Waals surface area contributed by atoms with E-state index in [-0.39, 0.29) is 11.9 Å². The van der Waals surface area contributed by atoms with Crippen molar-refractivity contribution in [2.45, 2.75) is 26.3 Å². The fourth-order valence-corrected chi connectivity index (χ4v) is 2.20. The number of aryl methyl sites for hydroxylation is 1. The molecule has 4 heteroatoms. The number of ether oxygens (including phenoxy) is 2. The van der Waals surface area contributed by atoms with Crippen LogP contribution in [0.5, 0.6) is 11.5 Å². The van der Waals surface area contributed by atoms with Crippen LogP contribution >= 0.6 is 0 Å². The highest BCUT2D eigenvalue weighted by molar-refractivity contribution is 5.94. The molecule has 122 valence electrons. The van der Waals surface area contributed by atoms with Crippen LogP contribution in [0.2, 0.25) is 0 Å². The summed E-state index contributed by atoms with van der Waals surface area (Å²) in [5.41, 5.74) is 1.73.